The van der Waals surface area contributed by atoms with Gasteiger partial charge in [0.05, 0.1) is 12.8 Å². The van der Waals surface area contributed by atoms with Gasteiger partial charge in [0, 0.05) is 5.02 Å². The van der Waals surface area contributed by atoms with Crippen molar-refractivity contribution in [1.29, 1.82) is 0 Å². The maximum atomic E-state index is 13.0. The number of hydrogen-bond donors (Lipinski definition) is 1. The summed E-state index contributed by atoms with van der Waals surface area (Å²) in [5.74, 6) is -0.264. The number of carbonyl (C=O) groups is 2. The molecule has 2 aromatic carbocycles. The van der Waals surface area contributed by atoms with Crippen molar-refractivity contribution in [3.63, 3.8) is 0 Å². The lowest BCUT2D eigenvalue weighted by atomic mass is 9.99. The quantitative estimate of drug-likeness (QED) is 0.483. The van der Waals surface area contributed by atoms with Gasteiger partial charge in [-0.1, -0.05) is 17.7 Å². The number of nitrogens with one attached hydrogen (secondary N) is 1. The Labute approximate surface area is 167 Å². The van der Waals surface area contributed by atoms with Gasteiger partial charge in [0.25, 0.3) is 11.8 Å². The summed E-state index contributed by atoms with van der Waals surface area (Å²) in [5.41, 5.74) is 3.17. The number of anilines is 1. The molecule has 1 aliphatic rings. The lowest BCUT2D eigenvalue weighted by Gasteiger charge is -2.29. The number of halogens is 1. The van der Waals surface area contributed by atoms with Crippen molar-refractivity contribution in [1.82, 2.24) is 5.32 Å². The molecule has 2 amide bonds. The Morgan fingerprint density at radius 2 is 1.74 bits per heavy atom. The van der Waals surface area contributed by atoms with Crippen LogP contribution in [0.5, 0.6) is 5.75 Å². The number of benzene rings is 2. The molecule has 0 aromatic heterocycles. The molecular formula is C20H17ClN2O3S. The second-order valence-corrected chi connectivity index (χ2v) is 6.86. The molecule has 1 fully saturated rings. The molecule has 5 nitrogen and oxygen atoms in total. The van der Waals surface area contributed by atoms with Crippen LogP contribution in [0, 0.1) is 13.8 Å². The summed E-state index contributed by atoms with van der Waals surface area (Å²) in [6, 6.07) is 10.3. The highest BCUT2D eigenvalue weighted by atomic mass is 35.5. The van der Waals surface area contributed by atoms with Gasteiger partial charge >= 0.3 is 0 Å². The first-order chi connectivity index (χ1) is 12.8. The van der Waals surface area contributed by atoms with Crippen LogP contribution in [0.3, 0.4) is 0 Å². The van der Waals surface area contributed by atoms with Crippen LogP contribution in [-0.2, 0) is 9.59 Å². The van der Waals surface area contributed by atoms with Gasteiger partial charge in [-0.25, -0.2) is 0 Å². The van der Waals surface area contributed by atoms with Crippen molar-refractivity contribution in [2.75, 3.05) is 12.0 Å². The van der Waals surface area contributed by atoms with Crippen LogP contribution < -0.4 is 15.0 Å². The second kappa shape index (κ2) is 7.50. The van der Waals surface area contributed by atoms with Gasteiger partial charge in [0.15, 0.2) is 5.11 Å². The van der Waals surface area contributed by atoms with Crippen LogP contribution in [0.25, 0.3) is 6.08 Å². The highest BCUT2D eigenvalue weighted by molar-refractivity contribution is 7.80. The fourth-order valence-corrected chi connectivity index (χ4v) is 3.24. The molecule has 1 saturated heterocycles. The molecular weight excluding hydrogens is 384 g/mol. The normalized spacial score (nSPS) is 15.9. The molecule has 0 atom stereocenters. The molecule has 138 valence electrons. The summed E-state index contributed by atoms with van der Waals surface area (Å²) < 4.78 is 5.31. The van der Waals surface area contributed by atoms with Crippen molar-refractivity contribution < 1.29 is 14.3 Å². The van der Waals surface area contributed by atoms with Crippen molar-refractivity contribution in [2.24, 2.45) is 0 Å². The Balaban J connectivity index is 2.04. The molecule has 27 heavy (non-hydrogen) atoms. The molecule has 0 spiro atoms. The number of methoxy groups -OCH3 is 1. The minimum Gasteiger partial charge on any atom is -0.496 e. The van der Waals surface area contributed by atoms with Crippen molar-refractivity contribution >= 4 is 52.5 Å². The zero-order valence-corrected chi connectivity index (χ0v) is 16.6. The maximum absolute atomic E-state index is 13.0. The van der Waals surface area contributed by atoms with Crippen LogP contribution in [0.4, 0.5) is 5.69 Å². The Hall–Kier alpha value is -2.70. The monoisotopic (exact) mass is 400 g/mol. The van der Waals surface area contributed by atoms with Gasteiger partial charge in [0.2, 0.25) is 0 Å². The molecule has 0 aliphatic carbocycles. The van der Waals surface area contributed by atoms with Crippen molar-refractivity contribution in [3.05, 3.63) is 63.7 Å². The first-order valence-corrected chi connectivity index (χ1v) is 8.93. The van der Waals surface area contributed by atoms with E-state index in [4.69, 9.17) is 28.6 Å². The van der Waals surface area contributed by atoms with Crippen LogP contribution in [0.1, 0.15) is 16.7 Å². The average Bonchev–Trinajstić information content (AvgIpc) is 2.63. The molecule has 3 rings (SSSR count). The summed E-state index contributed by atoms with van der Waals surface area (Å²) in [6.07, 6.45) is 1.57. The number of nitrogens with zero attached hydrogens (tertiary/aromatic N) is 1. The van der Waals surface area contributed by atoms with Gasteiger partial charge in [-0.2, -0.15) is 0 Å². The lowest BCUT2D eigenvalue weighted by molar-refractivity contribution is -0.122. The largest absolute Gasteiger partial charge is 0.496 e. The summed E-state index contributed by atoms with van der Waals surface area (Å²) >= 11 is 11.1. The number of ether oxygens (including phenoxy) is 1. The molecule has 1 N–H and O–H groups in total. The number of hydrogen-bond acceptors (Lipinski definition) is 4. The second-order valence-electron chi connectivity index (χ2n) is 6.04. The first-order valence-electron chi connectivity index (χ1n) is 8.14. The molecule has 0 bridgehead atoms. The van der Waals surface area contributed by atoms with Gasteiger partial charge in [-0.05, 0) is 79.2 Å². The third-order valence-corrected chi connectivity index (χ3v) is 5.02. The van der Waals surface area contributed by atoms with Crippen molar-refractivity contribution in [3.8, 4) is 5.75 Å². The Kier molecular flexibility index (Phi) is 5.30. The minimum atomic E-state index is -0.525. The van der Waals surface area contributed by atoms with Gasteiger partial charge in [-0.15, -0.1) is 0 Å². The van der Waals surface area contributed by atoms with E-state index in [1.54, 1.807) is 37.5 Å². The lowest BCUT2D eigenvalue weighted by Crippen LogP contribution is -2.54. The standard InChI is InChI=1S/C20H17ClN2O3S/c1-11-12(2)17(26-3)9-4-13(11)10-16-18(24)22-20(27)23(19(16)25)15-7-5-14(21)6-8-15/h4-10H,1-3H3,(H,22,24,27). The van der Waals surface area contributed by atoms with E-state index < -0.39 is 11.8 Å². The molecule has 2 aromatic rings. The number of amides is 2. The summed E-state index contributed by atoms with van der Waals surface area (Å²) in [4.78, 5) is 26.7. The van der Waals surface area contributed by atoms with E-state index >= 15 is 0 Å². The Morgan fingerprint density at radius 3 is 2.37 bits per heavy atom. The maximum Gasteiger partial charge on any atom is 0.270 e. The fraction of sp³-hybridized carbons (Fsp3) is 0.150. The van der Waals surface area contributed by atoms with E-state index in [1.165, 1.54) is 4.90 Å². The van der Waals surface area contributed by atoms with Crippen molar-refractivity contribution in [2.45, 2.75) is 13.8 Å². The molecule has 1 heterocycles. The molecule has 0 unspecified atom stereocenters. The van der Waals surface area contributed by atoms with Gasteiger partial charge in [0.1, 0.15) is 11.3 Å². The van der Waals surface area contributed by atoms with Crippen LogP contribution in [0.15, 0.2) is 42.0 Å². The van der Waals surface area contributed by atoms with E-state index in [9.17, 15) is 9.59 Å². The Morgan fingerprint density at radius 1 is 1.07 bits per heavy atom. The van der Waals surface area contributed by atoms with Crippen LogP contribution in [0.2, 0.25) is 5.02 Å². The van der Waals surface area contributed by atoms with E-state index in [2.05, 4.69) is 5.32 Å². The highest BCUT2D eigenvalue weighted by Gasteiger charge is 2.34. The summed E-state index contributed by atoms with van der Waals surface area (Å²) in [7, 11) is 1.60. The first kappa shape index (κ1) is 19.1. The summed E-state index contributed by atoms with van der Waals surface area (Å²) in [6.45, 7) is 3.84. The van der Waals surface area contributed by atoms with E-state index in [-0.39, 0.29) is 10.7 Å². The van der Waals surface area contributed by atoms with E-state index in [1.807, 2.05) is 26.0 Å². The zero-order chi connectivity index (χ0) is 19.7. The van der Waals surface area contributed by atoms with E-state index in [0.29, 0.717) is 10.7 Å². The number of rotatable bonds is 3. The highest BCUT2D eigenvalue weighted by Crippen LogP contribution is 2.27. The topological polar surface area (TPSA) is 58.6 Å². The fourth-order valence-electron chi connectivity index (χ4n) is 2.83. The molecule has 0 radical (unpaired) electrons. The molecule has 7 heteroatoms. The zero-order valence-electron chi connectivity index (χ0n) is 15.0. The van der Waals surface area contributed by atoms with Gasteiger partial charge in [-0.3, -0.25) is 19.8 Å². The average molecular weight is 401 g/mol. The predicted octanol–water partition coefficient (Wildman–Crippen LogP) is 3.80. The molecule has 0 saturated carbocycles. The van der Waals surface area contributed by atoms with Crippen LogP contribution >= 0.6 is 23.8 Å². The smallest absolute Gasteiger partial charge is 0.270 e. The summed E-state index contributed by atoms with van der Waals surface area (Å²) in [5, 5.41) is 3.15. The Bertz CT molecular complexity index is 983. The third-order valence-electron chi connectivity index (χ3n) is 4.49. The van der Waals surface area contributed by atoms with Crippen LogP contribution in [-0.4, -0.2) is 24.0 Å². The molecule has 1 aliphatic heterocycles. The van der Waals surface area contributed by atoms with Gasteiger partial charge < -0.3 is 4.74 Å². The number of thiocarbonyl (C=S) groups is 1. The minimum absolute atomic E-state index is 0.00576. The predicted molar refractivity (Wildman–Crippen MR) is 110 cm³/mol. The van der Waals surface area contributed by atoms with E-state index in [0.717, 1.165) is 22.4 Å². The number of carbonyl (C=O) groups excluding carboxylic acids is 2. The third kappa shape index (κ3) is 3.59. The SMILES string of the molecule is COc1ccc(C=C2C(=O)NC(=S)N(c3ccc(Cl)cc3)C2=O)c(C)c1C.